The van der Waals surface area contributed by atoms with Gasteiger partial charge in [0.15, 0.2) is 3.95 Å². The molecule has 0 aliphatic rings. The van der Waals surface area contributed by atoms with Gasteiger partial charge in [-0.1, -0.05) is 11.3 Å². The van der Waals surface area contributed by atoms with Gasteiger partial charge in [0.25, 0.3) is 0 Å². The number of aromatic amines is 1. The standard InChI is InChI=1S/C7H6N4S2/c12-7-11-10-6(13-7)9-5-2-1-3-8-4-5/h1-4H,(H,9,10)(H,11,12). The van der Waals surface area contributed by atoms with Crippen LogP contribution in [0.25, 0.3) is 0 Å². The van der Waals surface area contributed by atoms with Crippen LogP contribution in [-0.2, 0) is 0 Å². The predicted molar refractivity (Wildman–Crippen MR) is 54.8 cm³/mol. The third kappa shape index (κ3) is 2.10. The van der Waals surface area contributed by atoms with Crippen molar-refractivity contribution in [3.63, 3.8) is 0 Å². The Morgan fingerprint density at radius 3 is 3.08 bits per heavy atom. The first-order chi connectivity index (χ1) is 6.34. The van der Waals surface area contributed by atoms with Crippen molar-refractivity contribution < 1.29 is 0 Å². The number of hydrogen-bond donors (Lipinski definition) is 2. The number of hydrogen-bond acceptors (Lipinski definition) is 5. The largest absolute Gasteiger partial charge is 0.329 e. The maximum atomic E-state index is 4.89. The zero-order valence-electron chi connectivity index (χ0n) is 6.52. The van der Waals surface area contributed by atoms with Crippen LogP contribution in [0.4, 0.5) is 10.8 Å². The van der Waals surface area contributed by atoms with Crippen LogP contribution in [0.2, 0.25) is 0 Å². The highest BCUT2D eigenvalue weighted by Crippen LogP contribution is 2.16. The zero-order chi connectivity index (χ0) is 9.10. The number of nitrogens with one attached hydrogen (secondary N) is 2. The molecule has 0 bridgehead atoms. The molecule has 2 aromatic rings. The molecular formula is C7H6N4S2. The van der Waals surface area contributed by atoms with E-state index in [1.807, 2.05) is 12.1 Å². The molecule has 0 atom stereocenters. The molecule has 13 heavy (non-hydrogen) atoms. The fraction of sp³-hybridized carbons (Fsp3) is 0. The fourth-order valence-corrected chi connectivity index (χ4v) is 1.65. The summed E-state index contributed by atoms with van der Waals surface area (Å²) in [6.07, 6.45) is 3.45. The second kappa shape index (κ2) is 3.63. The molecule has 2 aromatic heterocycles. The molecule has 0 amide bonds. The van der Waals surface area contributed by atoms with Gasteiger partial charge in [0, 0.05) is 6.20 Å². The second-order valence-electron chi connectivity index (χ2n) is 2.28. The van der Waals surface area contributed by atoms with Crippen molar-refractivity contribution in [2.24, 2.45) is 0 Å². The SMILES string of the molecule is S=c1[nH]nc(Nc2cccnc2)s1. The van der Waals surface area contributed by atoms with E-state index in [0.29, 0.717) is 3.95 Å². The van der Waals surface area contributed by atoms with E-state index in [1.54, 1.807) is 12.4 Å². The minimum absolute atomic E-state index is 0.659. The first-order valence-electron chi connectivity index (χ1n) is 3.57. The molecule has 4 nitrogen and oxygen atoms in total. The predicted octanol–water partition coefficient (Wildman–Crippen LogP) is 2.34. The summed E-state index contributed by atoms with van der Waals surface area (Å²) in [6, 6.07) is 3.77. The lowest BCUT2D eigenvalue weighted by atomic mass is 10.4. The summed E-state index contributed by atoms with van der Waals surface area (Å²) in [6.45, 7) is 0. The van der Waals surface area contributed by atoms with Gasteiger partial charge in [-0.3, -0.25) is 10.1 Å². The van der Waals surface area contributed by atoms with E-state index in [9.17, 15) is 0 Å². The van der Waals surface area contributed by atoms with Crippen LogP contribution in [0.3, 0.4) is 0 Å². The van der Waals surface area contributed by atoms with Gasteiger partial charge in [-0.05, 0) is 24.4 Å². The molecule has 0 saturated carbocycles. The number of pyridine rings is 1. The Bertz CT molecular complexity index is 433. The van der Waals surface area contributed by atoms with Crippen molar-refractivity contribution in [2.45, 2.75) is 0 Å². The molecule has 0 fully saturated rings. The van der Waals surface area contributed by atoms with E-state index in [1.165, 1.54) is 11.3 Å². The summed E-state index contributed by atoms with van der Waals surface area (Å²) in [7, 11) is 0. The number of nitrogens with zero attached hydrogens (tertiary/aromatic N) is 2. The van der Waals surface area contributed by atoms with Gasteiger partial charge >= 0.3 is 0 Å². The van der Waals surface area contributed by atoms with Crippen LogP contribution in [-0.4, -0.2) is 15.2 Å². The van der Waals surface area contributed by atoms with Gasteiger partial charge < -0.3 is 5.32 Å². The highest BCUT2D eigenvalue weighted by Gasteiger charge is 1.96. The lowest BCUT2D eigenvalue weighted by Gasteiger charge is -1.98. The van der Waals surface area contributed by atoms with Crippen LogP contribution in [0.1, 0.15) is 0 Å². The average Bonchev–Trinajstić information content (AvgIpc) is 2.53. The normalized spacial score (nSPS) is 9.85. The Balaban J connectivity index is 2.20. The summed E-state index contributed by atoms with van der Waals surface area (Å²) in [4.78, 5) is 3.97. The molecule has 0 aliphatic heterocycles. The lowest BCUT2D eigenvalue weighted by Crippen LogP contribution is -1.89. The minimum atomic E-state index is 0.659. The van der Waals surface area contributed by atoms with Gasteiger partial charge in [-0.2, -0.15) is 0 Å². The maximum absolute atomic E-state index is 4.89. The van der Waals surface area contributed by atoms with Crippen LogP contribution in [0.15, 0.2) is 24.5 Å². The van der Waals surface area contributed by atoms with Crippen LogP contribution >= 0.6 is 23.6 Å². The van der Waals surface area contributed by atoms with Gasteiger partial charge in [0.2, 0.25) is 5.13 Å². The van der Waals surface area contributed by atoms with Crippen molar-refractivity contribution in [2.75, 3.05) is 5.32 Å². The smallest absolute Gasteiger partial charge is 0.208 e. The molecular weight excluding hydrogens is 204 g/mol. The maximum Gasteiger partial charge on any atom is 0.208 e. The summed E-state index contributed by atoms with van der Waals surface area (Å²) in [5.74, 6) is 0. The molecule has 6 heteroatoms. The number of H-pyrrole nitrogens is 1. The van der Waals surface area contributed by atoms with E-state index < -0.39 is 0 Å². The Kier molecular flexibility index (Phi) is 2.33. The topological polar surface area (TPSA) is 53.6 Å². The number of anilines is 2. The van der Waals surface area contributed by atoms with Gasteiger partial charge in [-0.15, -0.1) is 5.10 Å². The first-order valence-corrected chi connectivity index (χ1v) is 4.79. The first kappa shape index (κ1) is 8.33. The summed E-state index contributed by atoms with van der Waals surface area (Å²) in [5, 5.41) is 10.5. The van der Waals surface area contributed by atoms with E-state index in [-0.39, 0.29) is 0 Å². The molecule has 2 heterocycles. The van der Waals surface area contributed by atoms with E-state index in [2.05, 4.69) is 20.5 Å². The van der Waals surface area contributed by atoms with E-state index >= 15 is 0 Å². The van der Waals surface area contributed by atoms with Crippen molar-refractivity contribution in [1.82, 2.24) is 15.2 Å². The molecule has 2 rings (SSSR count). The molecule has 0 spiro atoms. The third-order valence-electron chi connectivity index (χ3n) is 1.35. The van der Waals surface area contributed by atoms with Crippen LogP contribution in [0.5, 0.6) is 0 Å². The second-order valence-corrected chi connectivity index (χ2v) is 3.95. The monoisotopic (exact) mass is 210 g/mol. The van der Waals surface area contributed by atoms with Crippen molar-refractivity contribution in [3.05, 3.63) is 28.5 Å². The molecule has 0 unspecified atom stereocenters. The molecule has 0 aliphatic carbocycles. The van der Waals surface area contributed by atoms with Crippen molar-refractivity contribution in [1.29, 1.82) is 0 Å². The van der Waals surface area contributed by atoms with Gasteiger partial charge in [0.05, 0.1) is 11.9 Å². The average molecular weight is 210 g/mol. The fourth-order valence-electron chi connectivity index (χ4n) is 0.844. The Morgan fingerprint density at radius 2 is 2.46 bits per heavy atom. The molecule has 0 saturated heterocycles. The van der Waals surface area contributed by atoms with Crippen molar-refractivity contribution >= 4 is 34.4 Å². The van der Waals surface area contributed by atoms with Crippen LogP contribution in [0, 0.1) is 3.95 Å². The highest BCUT2D eigenvalue weighted by atomic mass is 32.1. The summed E-state index contributed by atoms with van der Waals surface area (Å²) in [5.41, 5.74) is 0.903. The summed E-state index contributed by atoms with van der Waals surface area (Å²) >= 11 is 6.29. The third-order valence-corrected chi connectivity index (χ3v) is 2.36. The lowest BCUT2D eigenvalue weighted by molar-refractivity contribution is 1.08. The Labute approximate surface area is 83.7 Å². The van der Waals surface area contributed by atoms with Gasteiger partial charge in [-0.25, -0.2) is 0 Å². The van der Waals surface area contributed by atoms with E-state index in [0.717, 1.165) is 10.8 Å². The Morgan fingerprint density at radius 1 is 1.54 bits per heavy atom. The highest BCUT2D eigenvalue weighted by molar-refractivity contribution is 7.73. The quantitative estimate of drug-likeness (QED) is 0.747. The minimum Gasteiger partial charge on any atom is -0.329 e. The van der Waals surface area contributed by atoms with Crippen LogP contribution < -0.4 is 5.32 Å². The molecule has 0 aromatic carbocycles. The van der Waals surface area contributed by atoms with Crippen molar-refractivity contribution in [3.8, 4) is 0 Å². The number of rotatable bonds is 2. The molecule has 0 radical (unpaired) electrons. The van der Waals surface area contributed by atoms with E-state index in [4.69, 9.17) is 12.2 Å². The zero-order valence-corrected chi connectivity index (χ0v) is 8.15. The number of aromatic nitrogens is 3. The molecule has 66 valence electrons. The summed E-state index contributed by atoms with van der Waals surface area (Å²) < 4.78 is 0.659. The van der Waals surface area contributed by atoms with Gasteiger partial charge in [0.1, 0.15) is 0 Å². The molecule has 2 N–H and O–H groups in total. The Hall–Kier alpha value is -1.27.